The van der Waals surface area contributed by atoms with Gasteiger partial charge in [-0.05, 0) is 19.1 Å². The monoisotopic (exact) mass is 216 g/mol. The Hall–Kier alpha value is -1.63. The van der Waals surface area contributed by atoms with Crippen molar-refractivity contribution >= 4 is 18.2 Å². The van der Waals surface area contributed by atoms with Crippen LogP contribution < -0.4 is 5.56 Å². The molecule has 1 aromatic heterocycles. The summed E-state index contributed by atoms with van der Waals surface area (Å²) in [4.78, 5) is 26.3. The van der Waals surface area contributed by atoms with Crippen LogP contribution in [-0.4, -0.2) is 26.2 Å². The van der Waals surface area contributed by atoms with E-state index in [4.69, 9.17) is 5.11 Å². The van der Waals surface area contributed by atoms with Gasteiger partial charge >= 0.3 is 5.97 Å². The molecule has 6 nitrogen and oxygen atoms in total. The number of aromatic hydroxyl groups is 1. The van der Waals surface area contributed by atoms with Crippen LogP contribution in [-0.2, 0) is 4.79 Å². The minimum Gasteiger partial charge on any atom is -0.494 e. The van der Waals surface area contributed by atoms with Gasteiger partial charge in [-0.15, -0.1) is 0 Å². The van der Waals surface area contributed by atoms with Crippen molar-refractivity contribution in [3.05, 3.63) is 20.7 Å². The van der Waals surface area contributed by atoms with Gasteiger partial charge in [0.2, 0.25) is 0 Å². The SMILES string of the molecule is C[C@@H](C(=O)O)c1c(O)[nH]c(=S)[nH]c1=O. The molecule has 0 spiro atoms. The van der Waals surface area contributed by atoms with E-state index in [1.54, 1.807) is 0 Å². The van der Waals surface area contributed by atoms with E-state index in [1.165, 1.54) is 6.92 Å². The number of rotatable bonds is 2. The van der Waals surface area contributed by atoms with Crippen LogP contribution in [0.2, 0.25) is 0 Å². The van der Waals surface area contributed by atoms with Crippen LogP contribution in [0.1, 0.15) is 18.4 Å². The van der Waals surface area contributed by atoms with Crippen LogP contribution in [0.4, 0.5) is 0 Å². The molecule has 0 radical (unpaired) electrons. The molecule has 1 rings (SSSR count). The lowest BCUT2D eigenvalue weighted by molar-refractivity contribution is -0.138. The van der Waals surface area contributed by atoms with Gasteiger partial charge in [-0.1, -0.05) is 0 Å². The topological polar surface area (TPSA) is 106 Å². The minimum atomic E-state index is -1.20. The summed E-state index contributed by atoms with van der Waals surface area (Å²) in [7, 11) is 0. The van der Waals surface area contributed by atoms with Gasteiger partial charge in [0.1, 0.15) is 0 Å². The standard InChI is InChI=1S/C7H8N2O4S/c1-2(6(12)13)3-4(10)8-7(14)9-5(3)11/h2H,1H3,(H,12,13)(H3,8,9,10,11,14)/t2-/m1/s1. The molecule has 0 aromatic carbocycles. The molecule has 0 unspecified atom stereocenters. The predicted molar refractivity (Wildman–Crippen MR) is 50.0 cm³/mol. The highest BCUT2D eigenvalue weighted by Gasteiger charge is 2.21. The first-order valence-corrected chi connectivity index (χ1v) is 4.12. The van der Waals surface area contributed by atoms with E-state index in [9.17, 15) is 14.7 Å². The molecule has 0 fully saturated rings. The van der Waals surface area contributed by atoms with E-state index in [0.717, 1.165) is 0 Å². The van der Waals surface area contributed by atoms with E-state index in [2.05, 4.69) is 22.2 Å². The van der Waals surface area contributed by atoms with Crippen LogP contribution >= 0.6 is 12.2 Å². The van der Waals surface area contributed by atoms with Gasteiger partial charge in [0.15, 0.2) is 10.7 Å². The molecule has 7 heteroatoms. The zero-order valence-electron chi connectivity index (χ0n) is 7.20. The van der Waals surface area contributed by atoms with E-state index < -0.39 is 23.3 Å². The zero-order valence-corrected chi connectivity index (χ0v) is 8.01. The third kappa shape index (κ3) is 1.82. The molecule has 0 saturated heterocycles. The van der Waals surface area contributed by atoms with Gasteiger partial charge in [0.25, 0.3) is 5.56 Å². The van der Waals surface area contributed by atoms with Crippen molar-refractivity contribution in [3.63, 3.8) is 0 Å². The van der Waals surface area contributed by atoms with Gasteiger partial charge in [0.05, 0.1) is 11.5 Å². The van der Waals surface area contributed by atoms with Crippen molar-refractivity contribution in [1.82, 2.24) is 9.97 Å². The number of aliphatic carboxylic acids is 1. The van der Waals surface area contributed by atoms with Crippen molar-refractivity contribution < 1.29 is 15.0 Å². The number of hydrogen-bond donors (Lipinski definition) is 4. The molecular weight excluding hydrogens is 208 g/mol. The van der Waals surface area contributed by atoms with Crippen molar-refractivity contribution in [2.75, 3.05) is 0 Å². The van der Waals surface area contributed by atoms with Gasteiger partial charge < -0.3 is 15.2 Å². The number of nitrogens with one attached hydrogen (secondary N) is 2. The summed E-state index contributed by atoms with van der Waals surface area (Å²) in [5.74, 6) is -2.80. The average molecular weight is 216 g/mol. The Kier molecular flexibility index (Phi) is 2.70. The van der Waals surface area contributed by atoms with Crippen LogP contribution in [0.3, 0.4) is 0 Å². The molecular formula is C7H8N2O4S. The number of aromatic nitrogens is 2. The summed E-state index contributed by atoms with van der Waals surface area (Å²) >= 11 is 4.58. The maximum Gasteiger partial charge on any atom is 0.311 e. The van der Waals surface area contributed by atoms with Gasteiger partial charge in [-0.2, -0.15) is 0 Å². The Balaban J connectivity index is 3.42. The van der Waals surface area contributed by atoms with Crippen molar-refractivity contribution in [2.45, 2.75) is 12.8 Å². The summed E-state index contributed by atoms with van der Waals surface area (Å²) in [5.41, 5.74) is -0.924. The molecule has 1 atom stereocenters. The second-order valence-corrected chi connectivity index (χ2v) is 3.14. The molecule has 0 amide bonds. The summed E-state index contributed by atoms with van der Waals surface area (Å²) in [5, 5.41) is 17.9. The van der Waals surface area contributed by atoms with E-state index in [0.29, 0.717) is 0 Å². The van der Waals surface area contributed by atoms with Crippen LogP contribution in [0.25, 0.3) is 0 Å². The second kappa shape index (κ2) is 3.62. The number of hydrogen-bond acceptors (Lipinski definition) is 4. The average Bonchev–Trinajstić information content (AvgIpc) is 2.01. The first kappa shape index (κ1) is 10.5. The molecule has 0 aliphatic rings. The summed E-state index contributed by atoms with van der Waals surface area (Å²) in [6.45, 7) is 1.30. The van der Waals surface area contributed by atoms with Gasteiger partial charge in [0, 0.05) is 0 Å². The lowest BCUT2D eigenvalue weighted by Gasteiger charge is -2.06. The maximum atomic E-state index is 11.2. The number of H-pyrrole nitrogens is 2. The third-order valence-electron chi connectivity index (χ3n) is 1.76. The number of carbonyl (C=O) groups is 1. The second-order valence-electron chi connectivity index (χ2n) is 2.73. The first-order chi connectivity index (χ1) is 6.43. The normalized spacial score (nSPS) is 12.4. The fraction of sp³-hybridized carbons (Fsp3) is 0.286. The van der Waals surface area contributed by atoms with Gasteiger partial charge in [-0.25, -0.2) is 0 Å². The molecule has 1 aromatic rings. The quantitative estimate of drug-likeness (QED) is 0.533. The summed E-state index contributed by atoms with van der Waals surface area (Å²) in [6.07, 6.45) is 0. The van der Waals surface area contributed by atoms with Crippen molar-refractivity contribution in [2.24, 2.45) is 0 Å². The molecule has 1 heterocycles. The maximum absolute atomic E-state index is 11.2. The lowest BCUT2D eigenvalue weighted by atomic mass is 10.0. The highest BCUT2D eigenvalue weighted by molar-refractivity contribution is 7.71. The fourth-order valence-corrected chi connectivity index (χ4v) is 1.20. The van der Waals surface area contributed by atoms with Crippen LogP contribution in [0, 0.1) is 4.77 Å². The number of aromatic amines is 2. The smallest absolute Gasteiger partial charge is 0.311 e. The largest absolute Gasteiger partial charge is 0.494 e. The molecule has 0 aliphatic carbocycles. The molecule has 14 heavy (non-hydrogen) atoms. The van der Waals surface area contributed by atoms with E-state index in [-0.39, 0.29) is 10.3 Å². The highest BCUT2D eigenvalue weighted by Crippen LogP contribution is 2.18. The van der Waals surface area contributed by atoms with Crippen molar-refractivity contribution in [3.8, 4) is 5.88 Å². The Bertz CT molecular complexity index is 475. The Labute approximate surface area is 83.2 Å². The predicted octanol–water partition coefficient (Wildman–Crippen LogP) is 0.326. The minimum absolute atomic E-state index is 0.0474. The van der Waals surface area contributed by atoms with E-state index >= 15 is 0 Å². The molecule has 76 valence electrons. The highest BCUT2D eigenvalue weighted by atomic mass is 32.1. The Morgan fingerprint density at radius 1 is 1.50 bits per heavy atom. The fourth-order valence-electron chi connectivity index (χ4n) is 1.01. The first-order valence-electron chi connectivity index (χ1n) is 3.71. The van der Waals surface area contributed by atoms with Gasteiger partial charge in [-0.3, -0.25) is 14.6 Å². The molecule has 0 bridgehead atoms. The third-order valence-corrected chi connectivity index (χ3v) is 1.97. The van der Waals surface area contributed by atoms with E-state index in [1.807, 2.05) is 0 Å². The summed E-state index contributed by atoms with van der Waals surface area (Å²) < 4.78 is -0.0474. The van der Waals surface area contributed by atoms with Crippen LogP contribution in [0.15, 0.2) is 4.79 Å². The number of carboxylic acid groups (broad SMARTS) is 1. The zero-order chi connectivity index (χ0) is 10.9. The number of carboxylic acids is 1. The van der Waals surface area contributed by atoms with Crippen LogP contribution in [0.5, 0.6) is 5.88 Å². The molecule has 0 saturated carbocycles. The molecule has 4 N–H and O–H groups in total. The Morgan fingerprint density at radius 2 is 2.07 bits per heavy atom. The lowest BCUT2D eigenvalue weighted by Crippen LogP contribution is -2.20. The van der Waals surface area contributed by atoms with Crippen molar-refractivity contribution in [1.29, 1.82) is 0 Å². The Morgan fingerprint density at radius 3 is 2.50 bits per heavy atom. The summed E-state index contributed by atoms with van der Waals surface area (Å²) in [6, 6.07) is 0. The molecule has 0 aliphatic heterocycles.